The number of hydrogen-bond acceptors (Lipinski definition) is 22. The van der Waals surface area contributed by atoms with Crippen molar-refractivity contribution < 1.29 is 92.0 Å². The number of nitrogens with one attached hydrogen (secondary N) is 6. The van der Waals surface area contributed by atoms with Crippen molar-refractivity contribution in [1.29, 1.82) is 0 Å². The Bertz CT molecular complexity index is 4240. The number of hydrogen-bond donors (Lipinski definition) is 6. The van der Waals surface area contributed by atoms with Crippen molar-refractivity contribution in [3.05, 3.63) is 73.6 Å². The molecular weight excluding hydrogens is 1390 g/mol. The highest BCUT2D eigenvalue weighted by Crippen LogP contribution is 2.49. The highest BCUT2D eigenvalue weighted by atomic mass is 32.2. The standard InChI is InChI=1S/C36H51N5O10S.C36H49N5O10S/c2*1-10-22-19-36(22,31(44)40-52(46,47)51-35(8)14-15-35)39-28(42)26-18-24(49-29-25-12-11-23(48-9)17-21(25)13-16-37-29)20-41(26)30(43)27(33(2,3)4)38-32(45)50-34(5,6)7/h11-13,16-17,22,24,26-27H,10,14-15,18-20H2,1-9H3,(H,38,45)(H,39,42)(H,40,44);10-13,16-17,22,24,26-27H,1,14-15,18-20H2,2-9H3,(H,38,45)(H,39,42)(H,40,44)/t2*22-,24-,26+,27-,36-/m11/s1. The molecule has 10 rings (SSSR count). The van der Waals surface area contributed by atoms with E-state index in [1.165, 1.54) is 15.9 Å². The van der Waals surface area contributed by atoms with Crippen LogP contribution >= 0.6 is 0 Å². The van der Waals surface area contributed by atoms with E-state index >= 15 is 0 Å². The van der Waals surface area contributed by atoms with Crippen molar-refractivity contribution >= 4 is 89.8 Å². The summed E-state index contributed by atoms with van der Waals surface area (Å²) >= 11 is 0. The molecule has 2 aliphatic heterocycles. The van der Waals surface area contributed by atoms with E-state index in [-0.39, 0.29) is 56.5 Å². The summed E-state index contributed by atoms with van der Waals surface area (Å²) in [6, 6.07) is 9.81. The minimum Gasteiger partial charge on any atom is -0.497 e. The molecule has 0 radical (unpaired) electrons. The third-order valence-corrected chi connectivity index (χ3v) is 21.2. The second kappa shape index (κ2) is 29.4. The van der Waals surface area contributed by atoms with E-state index in [0.717, 1.165) is 10.8 Å². The second-order valence-corrected chi connectivity index (χ2v) is 34.9. The Kier molecular flexibility index (Phi) is 22.5. The highest BCUT2D eigenvalue weighted by Gasteiger charge is 2.64. The zero-order valence-corrected chi connectivity index (χ0v) is 63.9. The molecule has 6 N–H and O–H groups in total. The van der Waals surface area contributed by atoms with Crippen molar-refractivity contribution in [3.63, 3.8) is 0 Å². The van der Waals surface area contributed by atoms with E-state index in [2.05, 4.69) is 37.8 Å². The largest absolute Gasteiger partial charge is 0.497 e. The van der Waals surface area contributed by atoms with E-state index in [0.29, 0.717) is 54.4 Å². The molecule has 2 saturated heterocycles. The highest BCUT2D eigenvalue weighted by molar-refractivity contribution is 7.85. The maximum Gasteiger partial charge on any atom is 0.408 e. The van der Waals surface area contributed by atoms with Crippen molar-refractivity contribution in [1.82, 2.24) is 50.5 Å². The van der Waals surface area contributed by atoms with Crippen LogP contribution in [0.25, 0.3) is 21.5 Å². The summed E-state index contributed by atoms with van der Waals surface area (Å²) < 4.78 is 99.6. The summed E-state index contributed by atoms with van der Waals surface area (Å²) in [5.74, 6) is -3.50. The molecule has 104 heavy (non-hydrogen) atoms. The van der Waals surface area contributed by atoms with Crippen LogP contribution in [-0.4, -0.2) is 181 Å². The number of fused-ring (bicyclic) bond motifs is 2. The number of pyridine rings is 2. The number of rotatable bonds is 24. The Morgan fingerprint density at radius 3 is 1.30 bits per heavy atom. The fourth-order valence-corrected chi connectivity index (χ4v) is 15.0. The SMILES string of the molecule is C=C[C@@H]1C[C@]1(NC(=O)[C@@H]1C[C@@H](Oc2nccc3cc(OC)ccc23)CN1C(=O)[C@@H](NC(=O)OC(C)(C)C)C(C)(C)C)C(=O)NS(=O)(=O)OC1(C)CC1.CC[C@@H]1C[C@]1(NC(=O)[C@@H]1C[C@@H](Oc2nccc3cc(OC)ccc23)CN1C(=O)[C@@H](NC(=O)OC(C)(C)C)C(C)(C)C)C(=O)NS(=O)(=O)OC1(C)CC1. The van der Waals surface area contributed by atoms with Gasteiger partial charge in [0.2, 0.25) is 35.4 Å². The van der Waals surface area contributed by atoms with Crippen molar-refractivity contribution in [2.45, 2.75) is 232 Å². The Morgan fingerprint density at radius 2 is 0.971 bits per heavy atom. The van der Waals surface area contributed by atoms with E-state index in [9.17, 15) is 55.2 Å². The number of carbonyl (C=O) groups is 8. The molecule has 10 atom stereocenters. The van der Waals surface area contributed by atoms with Gasteiger partial charge in [-0.15, -0.1) is 6.58 Å². The van der Waals surface area contributed by atoms with Gasteiger partial charge in [0.15, 0.2) is 0 Å². The molecule has 4 heterocycles. The fourth-order valence-electron chi connectivity index (χ4n) is 12.7. The van der Waals surface area contributed by atoms with Crippen LogP contribution in [0.4, 0.5) is 9.59 Å². The average molecular weight is 1490 g/mol. The van der Waals surface area contributed by atoms with Gasteiger partial charge in [0, 0.05) is 41.9 Å². The number of benzene rings is 2. The van der Waals surface area contributed by atoms with Gasteiger partial charge < -0.3 is 59.5 Å². The van der Waals surface area contributed by atoms with E-state index in [1.807, 2.05) is 34.6 Å². The quantitative estimate of drug-likeness (QED) is 0.0375. The van der Waals surface area contributed by atoms with Crippen LogP contribution in [0, 0.1) is 22.7 Å². The number of likely N-dealkylation sites (tertiary alicyclic amines) is 2. The third-order valence-electron chi connectivity index (χ3n) is 19.0. The molecular formula is C72H100N10O20S2. The monoisotopic (exact) mass is 1490 g/mol. The average Bonchev–Trinajstić information content (AvgIpc) is 1.58. The lowest BCUT2D eigenvalue weighted by atomic mass is 9.85. The molecule has 2 aromatic carbocycles. The first kappa shape index (κ1) is 79.5. The van der Waals surface area contributed by atoms with Gasteiger partial charge in [0.1, 0.15) is 70.2 Å². The van der Waals surface area contributed by atoms with Crippen molar-refractivity contribution in [2.75, 3.05) is 27.3 Å². The summed E-state index contributed by atoms with van der Waals surface area (Å²) in [5.41, 5.74) is -8.25. The summed E-state index contributed by atoms with van der Waals surface area (Å²) in [6.07, 6.45) is 4.44. The van der Waals surface area contributed by atoms with E-state index < -0.39 is 155 Å². The summed E-state index contributed by atoms with van der Waals surface area (Å²) in [7, 11) is -5.81. The smallest absolute Gasteiger partial charge is 0.408 e. The minimum absolute atomic E-state index is 0.00862. The van der Waals surface area contributed by atoms with E-state index in [4.69, 9.17) is 36.8 Å². The van der Waals surface area contributed by atoms with Crippen molar-refractivity contribution in [2.24, 2.45) is 22.7 Å². The van der Waals surface area contributed by atoms with Gasteiger partial charge in [-0.3, -0.25) is 28.8 Å². The molecule has 0 spiro atoms. The minimum atomic E-state index is -4.48. The number of methoxy groups -OCH3 is 2. The number of carbonyl (C=O) groups excluding carboxylic acids is 8. The van der Waals surface area contributed by atoms with Gasteiger partial charge >= 0.3 is 32.8 Å². The Hall–Kier alpha value is -8.62. The molecule has 570 valence electrons. The first-order valence-electron chi connectivity index (χ1n) is 34.8. The second-order valence-electron chi connectivity index (χ2n) is 32.4. The topological polar surface area (TPSA) is 383 Å². The van der Waals surface area contributed by atoms with Crippen LogP contribution < -0.4 is 49.7 Å². The maximum atomic E-state index is 14.5. The van der Waals surface area contributed by atoms with Crippen LogP contribution in [-0.2, 0) is 67.2 Å². The third kappa shape index (κ3) is 19.3. The van der Waals surface area contributed by atoms with Crippen LogP contribution in [0.1, 0.15) is 162 Å². The van der Waals surface area contributed by atoms with Gasteiger partial charge in [0.05, 0.1) is 38.5 Å². The number of aromatic nitrogens is 2. The first-order valence-corrected chi connectivity index (χ1v) is 37.6. The molecule has 32 heteroatoms. The summed E-state index contributed by atoms with van der Waals surface area (Å²) in [4.78, 5) is 122. The summed E-state index contributed by atoms with van der Waals surface area (Å²) in [5, 5.41) is 13.9. The lowest BCUT2D eigenvalue weighted by molar-refractivity contribution is -0.143. The molecule has 6 aliphatic rings. The number of nitrogens with zero attached hydrogens (tertiary/aromatic N) is 4. The number of ether oxygens (including phenoxy) is 6. The van der Waals surface area contributed by atoms with Crippen LogP contribution in [0.5, 0.6) is 23.3 Å². The lowest BCUT2D eigenvalue weighted by Crippen LogP contribution is -2.60. The van der Waals surface area contributed by atoms with Gasteiger partial charge in [-0.2, -0.15) is 16.8 Å². The van der Waals surface area contributed by atoms with Gasteiger partial charge in [-0.05, 0) is 170 Å². The molecule has 4 aliphatic carbocycles. The molecule has 0 bridgehead atoms. The van der Waals surface area contributed by atoms with Gasteiger partial charge in [-0.25, -0.2) is 37.4 Å². The Labute approximate surface area is 607 Å². The van der Waals surface area contributed by atoms with Gasteiger partial charge in [-0.1, -0.05) is 61.0 Å². The fraction of sp³-hybridized carbons (Fsp3) is 0.611. The first-order chi connectivity index (χ1) is 48.2. The number of alkyl carbamates (subject to hydrolysis) is 2. The zero-order chi connectivity index (χ0) is 76.9. The van der Waals surface area contributed by atoms with Crippen LogP contribution in [0.15, 0.2) is 73.6 Å². The summed E-state index contributed by atoms with van der Waals surface area (Å²) in [6.45, 7) is 29.6. The van der Waals surface area contributed by atoms with E-state index in [1.54, 1.807) is 154 Å². The molecule has 4 aromatic rings. The Morgan fingerprint density at radius 1 is 0.587 bits per heavy atom. The van der Waals surface area contributed by atoms with Crippen LogP contribution in [0.2, 0.25) is 0 Å². The van der Waals surface area contributed by atoms with Gasteiger partial charge in [0.25, 0.3) is 11.8 Å². The molecule has 6 fully saturated rings. The maximum absolute atomic E-state index is 14.5. The van der Waals surface area contributed by atoms with Crippen molar-refractivity contribution in [3.8, 4) is 23.3 Å². The molecule has 8 amide bonds. The van der Waals surface area contributed by atoms with Crippen LogP contribution in [0.3, 0.4) is 0 Å². The molecule has 4 saturated carbocycles. The zero-order valence-electron chi connectivity index (χ0n) is 62.2. The number of amides is 8. The lowest BCUT2D eigenvalue weighted by Gasteiger charge is -2.36. The predicted molar refractivity (Wildman–Crippen MR) is 381 cm³/mol. The molecule has 2 aromatic heterocycles. The molecule has 0 unspecified atom stereocenters. The molecule has 30 nitrogen and oxygen atoms in total. The predicted octanol–water partition coefficient (Wildman–Crippen LogP) is 7.27. The normalized spacial score (nSPS) is 24.4. The Balaban J connectivity index is 0.000000241.